The van der Waals surface area contributed by atoms with Gasteiger partial charge in [0.25, 0.3) is 0 Å². The fraction of sp³-hybridized carbons (Fsp3) is 0.423. The first kappa shape index (κ1) is 25.2. The minimum Gasteiger partial charge on any atom is -0.481 e. The predicted octanol–water partition coefficient (Wildman–Crippen LogP) is 3.07. The first-order valence-electron chi connectivity index (χ1n) is 11.5. The first-order valence-corrected chi connectivity index (χ1v) is 11.5. The van der Waals surface area contributed by atoms with E-state index in [0.717, 1.165) is 22.3 Å². The molecule has 8 nitrogen and oxygen atoms in total. The van der Waals surface area contributed by atoms with Crippen LogP contribution in [0.4, 0.5) is 4.79 Å². The van der Waals surface area contributed by atoms with Gasteiger partial charge in [-0.05, 0) is 48.7 Å². The van der Waals surface area contributed by atoms with Crippen LogP contribution in [0.1, 0.15) is 36.8 Å². The molecule has 3 rings (SSSR count). The number of aliphatic carboxylic acids is 1. The Balaban J connectivity index is 1.58. The number of benzene rings is 2. The third-order valence-corrected chi connectivity index (χ3v) is 5.98. The molecule has 0 heterocycles. The summed E-state index contributed by atoms with van der Waals surface area (Å²) in [6.07, 6.45) is -0.132. The molecule has 2 aromatic rings. The molecule has 0 saturated heterocycles. The van der Waals surface area contributed by atoms with E-state index in [9.17, 15) is 14.4 Å². The summed E-state index contributed by atoms with van der Waals surface area (Å²) in [5.74, 6) is -1.24. The number of nitrogens with one attached hydrogen (secondary N) is 2. The summed E-state index contributed by atoms with van der Waals surface area (Å²) in [4.78, 5) is 37.9. The predicted molar refractivity (Wildman–Crippen MR) is 130 cm³/mol. The van der Waals surface area contributed by atoms with Crippen LogP contribution >= 0.6 is 0 Å². The van der Waals surface area contributed by atoms with Crippen LogP contribution < -0.4 is 10.6 Å². The molecule has 0 aromatic heterocycles. The fourth-order valence-corrected chi connectivity index (χ4v) is 4.21. The number of carboxylic acids is 1. The summed E-state index contributed by atoms with van der Waals surface area (Å²) in [5, 5.41) is 14.3. The number of nitrogens with zero attached hydrogens (tertiary/aromatic N) is 1. The van der Waals surface area contributed by atoms with Gasteiger partial charge in [-0.2, -0.15) is 0 Å². The Kier molecular flexibility index (Phi) is 8.65. The van der Waals surface area contributed by atoms with E-state index in [0.29, 0.717) is 19.5 Å². The van der Waals surface area contributed by atoms with Gasteiger partial charge in [0.15, 0.2) is 0 Å². The van der Waals surface area contributed by atoms with Crippen LogP contribution in [0.25, 0.3) is 11.1 Å². The fourth-order valence-electron chi connectivity index (χ4n) is 4.21. The highest BCUT2D eigenvalue weighted by atomic mass is 16.5. The van der Waals surface area contributed by atoms with Gasteiger partial charge < -0.3 is 25.4 Å². The Morgan fingerprint density at radius 1 is 1.03 bits per heavy atom. The van der Waals surface area contributed by atoms with Crippen molar-refractivity contribution in [1.82, 2.24) is 15.5 Å². The molecular formula is C26H33N3O5. The van der Waals surface area contributed by atoms with Crippen LogP contribution in [0.5, 0.6) is 0 Å². The molecule has 2 aromatic carbocycles. The van der Waals surface area contributed by atoms with Crippen molar-refractivity contribution in [3.05, 3.63) is 59.7 Å². The zero-order valence-corrected chi connectivity index (χ0v) is 19.9. The Labute approximate surface area is 200 Å². The van der Waals surface area contributed by atoms with Crippen LogP contribution in [-0.4, -0.2) is 67.8 Å². The summed E-state index contributed by atoms with van der Waals surface area (Å²) in [6.45, 7) is 2.69. The van der Waals surface area contributed by atoms with E-state index in [1.54, 1.807) is 0 Å². The van der Waals surface area contributed by atoms with Crippen LogP contribution in [0.3, 0.4) is 0 Å². The molecule has 1 aliphatic carbocycles. The SMILES string of the molecule is CC(CCC(=O)O)CNC(=O)[C@H](CN(C)C)NC(=O)OCC1c2ccccc2-c2ccccc21. The third kappa shape index (κ3) is 6.57. The van der Waals surface area contributed by atoms with Crippen molar-refractivity contribution >= 4 is 18.0 Å². The van der Waals surface area contributed by atoms with E-state index in [1.807, 2.05) is 50.2 Å². The number of hydrogen-bond acceptors (Lipinski definition) is 5. The zero-order chi connectivity index (χ0) is 24.7. The van der Waals surface area contributed by atoms with Crippen molar-refractivity contribution in [3.63, 3.8) is 0 Å². The van der Waals surface area contributed by atoms with Crippen LogP contribution in [0.2, 0.25) is 0 Å². The molecule has 2 atom stereocenters. The van der Waals surface area contributed by atoms with E-state index in [1.165, 1.54) is 0 Å². The van der Waals surface area contributed by atoms with Gasteiger partial charge in [-0.15, -0.1) is 0 Å². The number of hydrogen-bond donors (Lipinski definition) is 3. The number of alkyl carbamates (subject to hydrolysis) is 1. The zero-order valence-electron chi connectivity index (χ0n) is 19.9. The van der Waals surface area contributed by atoms with Crippen LogP contribution in [0, 0.1) is 5.92 Å². The van der Waals surface area contributed by atoms with Crippen molar-refractivity contribution in [2.75, 3.05) is 33.8 Å². The van der Waals surface area contributed by atoms with Gasteiger partial charge in [-0.25, -0.2) is 4.79 Å². The lowest BCUT2D eigenvalue weighted by Gasteiger charge is -2.23. The summed E-state index contributed by atoms with van der Waals surface area (Å²) in [5.41, 5.74) is 4.53. The lowest BCUT2D eigenvalue weighted by molar-refractivity contribution is -0.137. The summed E-state index contributed by atoms with van der Waals surface area (Å²) in [6, 6.07) is 15.4. The lowest BCUT2D eigenvalue weighted by atomic mass is 9.98. The summed E-state index contributed by atoms with van der Waals surface area (Å²) in [7, 11) is 3.63. The summed E-state index contributed by atoms with van der Waals surface area (Å²) < 4.78 is 5.58. The Bertz CT molecular complexity index is 978. The molecule has 3 N–H and O–H groups in total. The number of carbonyl (C=O) groups excluding carboxylic acids is 2. The molecule has 0 spiro atoms. The van der Waals surface area contributed by atoms with Crippen molar-refractivity contribution in [1.29, 1.82) is 0 Å². The largest absolute Gasteiger partial charge is 0.481 e. The van der Waals surface area contributed by atoms with Gasteiger partial charge in [0.2, 0.25) is 5.91 Å². The smallest absolute Gasteiger partial charge is 0.407 e. The number of amides is 2. The maximum Gasteiger partial charge on any atom is 0.407 e. The molecule has 0 radical (unpaired) electrons. The molecule has 0 bridgehead atoms. The van der Waals surface area contributed by atoms with Crippen LogP contribution in [-0.2, 0) is 14.3 Å². The molecular weight excluding hydrogens is 434 g/mol. The van der Waals surface area contributed by atoms with E-state index >= 15 is 0 Å². The van der Waals surface area contributed by atoms with Gasteiger partial charge in [0, 0.05) is 25.4 Å². The first-order chi connectivity index (χ1) is 16.3. The monoisotopic (exact) mass is 467 g/mol. The lowest BCUT2D eigenvalue weighted by Crippen LogP contribution is -2.52. The van der Waals surface area contributed by atoms with Crippen molar-refractivity contribution in [2.24, 2.45) is 5.92 Å². The molecule has 34 heavy (non-hydrogen) atoms. The highest BCUT2D eigenvalue weighted by Crippen LogP contribution is 2.44. The second kappa shape index (κ2) is 11.7. The van der Waals surface area contributed by atoms with E-state index in [4.69, 9.17) is 9.84 Å². The topological polar surface area (TPSA) is 108 Å². The second-order valence-electron chi connectivity index (χ2n) is 9.07. The van der Waals surface area contributed by atoms with Gasteiger partial charge in [-0.3, -0.25) is 9.59 Å². The van der Waals surface area contributed by atoms with Crippen LogP contribution in [0.15, 0.2) is 48.5 Å². The number of likely N-dealkylation sites (N-methyl/N-ethyl adjacent to an activating group) is 1. The molecule has 0 saturated carbocycles. The van der Waals surface area contributed by atoms with Crippen molar-refractivity contribution in [3.8, 4) is 11.1 Å². The molecule has 8 heteroatoms. The quantitative estimate of drug-likeness (QED) is 0.469. The number of carbonyl (C=O) groups is 3. The number of fused-ring (bicyclic) bond motifs is 3. The van der Waals surface area contributed by atoms with Gasteiger partial charge in [-0.1, -0.05) is 55.5 Å². The maximum absolute atomic E-state index is 12.7. The highest BCUT2D eigenvalue weighted by molar-refractivity contribution is 5.86. The number of carboxylic acid groups (broad SMARTS) is 1. The molecule has 1 aliphatic rings. The standard InChI is InChI=1S/C26H33N3O5/c1-17(12-13-24(30)31)14-27-25(32)23(15-29(2)3)28-26(33)34-16-22-20-10-6-4-8-18(20)19-9-5-7-11-21(19)22/h4-11,17,22-23H,12-16H2,1-3H3,(H,27,32)(H,28,33)(H,30,31)/t17?,23-/m0/s1. The minimum atomic E-state index is -0.861. The Morgan fingerprint density at radius 3 is 2.18 bits per heavy atom. The number of rotatable bonds is 11. The number of ether oxygens (including phenoxy) is 1. The minimum absolute atomic E-state index is 0.00881. The highest BCUT2D eigenvalue weighted by Gasteiger charge is 2.30. The van der Waals surface area contributed by atoms with Gasteiger partial charge >= 0.3 is 12.1 Å². The normalized spacial score (nSPS) is 14.1. The van der Waals surface area contributed by atoms with Gasteiger partial charge in [0.1, 0.15) is 12.6 Å². The average Bonchev–Trinajstić information content (AvgIpc) is 3.13. The van der Waals surface area contributed by atoms with E-state index < -0.39 is 18.1 Å². The Morgan fingerprint density at radius 2 is 1.62 bits per heavy atom. The van der Waals surface area contributed by atoms with E-state index in [2.05, 4.69) is 34.9 Å². The average molecular weight is 468 g/mol. The summed E-state index contributed by atoms with van der Waals surface area (Å²) >= 11 is 0. The molecule has 1 unspecified atom stereocenters. The van der Waals surface area contributed by atoms with E-state index in [-0.39, 0.29) is 30.8 Å². The maximum atomic E-state index is 12.7. The molecule has 0 fully saturated rings. The van der Waals surface area contributed by atoms with Gasteiger partial charge in [0.05, 0.1) is 0 Å². The van der Waals surface area contributed by atoms with Crippen molar-refractivity contribution < 1.29 is 24.2 Å². The molecule has 2 amide bonds. The third-order valence-electron chi connectivity index (χ3n) is 5.98. The van der Waals surface area contributed by atoms with Crippen molar-refractivity contribution in [2.45, 2.75) is 31.7 Å². The second-order valence-corrected chi connectivity index (χ2v) is 9.07. The Hall–Kier alpha value is -3.39. The molecule has 182 valence electrons. The molecule has 0 aliphatic heterocycles.